The van der Waals surface area contributed by atoms with Gasteiger partial charge in [-0.3, -0.25) is 4.79 Å². The van der Waals surface area contributed by atoms with Crippen LogP contribution in [0.15, 0.2) is 36.4 Å². The van der Waals surface area contributed by atoms with Gasteiger partial charge in [0.15, 0.2) is 0 Å². The highest BCUT2D eigenvalue weighted by molar-refractivity contribution is 6.35. The molecule has 0 bridgehead atoms. The number of nitrogens with zero attached hydrogens (tertiary/aromatic N) is 3. The predicted octanol–water partition coefficient (Wildman–Crippen LogP) is 6.28. The molecule has 3 saturated heterocycles. The van der Waals surface area contributed by atoms with E-state index in [-0.39, 0.29) is 30.2 Å². The smallest absolute Gasteiger partial charge is 0.317 e. The average Bonchev–Trinajstić information content (AvgIpc) is 3.69. The topological polar surface area (TPSA) is 55.9 Å². The highest BCUT2D eigenvalue weighted by atomic mass is 35.5. The van der Waals surface area contributed by atoms with Crippen LogP contribution in [0.4, 0.5) is 9.18 Å². The van der Waals surface area contributed by atoms with E-state index in [4.69, 9.17) is 23.2 Å². The van der Waals surface area contributed by atoms with Gasteiger partial charge < -0.3 is 20.0 Å². The second-order valence-electron chi connectivity index (χ2n) is 11.0. The van der Waals surface area contributed by atoms with Crippen molar-refractivity contribution in [3.63, 3.8) is 0 Å². The van der Waals surface area contributed by atoms with Gasteiger partial charge in [0.05, 0.1) is 6.54 Å². The Bertz CT molecular complexity index is 1140. The molecular weight excluding hydrogens is 550 g/mol. The average molecular weight is 592 g/mol. The van der Waals surface area contributed by atoms with Crippen LogP contribution >= 0.6 is 23.2 Å². The summed E-state index contributed by atoms with van der Waals surface area (Å²) in [5.74, 6) is 0.0788. The lowest BCUT2D eigenvalue weighted by atomic mass is 9.85. The summed E-state index contributed by atoms with van der Waals surface area (Å²) in [6.07, 6.45) is 7.27. The van der Waals surface area contributed by atoms with Gasteiger partial charge in [0, 0.05) is 42.8 Å². The van der Waals surface area contributed by atoms with Crippen LogP contribution in [0.5, 0.6) is 0 Å². The molecule has 3 aliphatic heterocycles. The lowest BCUT2D eigenvalue weighted by Gasteiger charge is -2.33. The first kappa shape index (κ1) is 30.6. The number of amides is 3. The zero-order chi connectivity index (χ0) is 28.5. The summed E-state index contributed by atoms with van der Waals surface area (Å²) >= 11 is 11.4. The number of urea groups is 1. The molecule has 2 aromatic carbocycles. The van der Waals surface area contributed by atoms with Crippen molar-refractivity contribution >= 4 is 35.1 Å². The predicted molar refractivity (Wildman–Crippen MR) is 160 cm³/mol. The fraction of sp³-hybridized carbons (Fsp3) is 0.548. The van der Waals surface area contributed by atoms with Gasteiger partial charge in [-0.05, 0) is 112 Å². The summed E-state index contributed by atoms with van der Waals surface area (Å²) in [6, 6.07) is 10.5. The van der Waals surface area contributed by atoms with Crippen molar-refractivity contribution in [3.05, 3.63) is 69.0 Å². The molecule has 3 fully saturated rings. The monoisotopic (exact) mass is 590 g/mol. The molecule has 0 aliphatic carbocycles. The lowest BCUT2D eigenvalue weighted by Crippen LogP contribution is -2.46. The van der Waals surface area contributed by atoms with E-state index in [1.54, 1.807) is 23.1 Å². The second-order valence-corrected chi connectivity index (χ2v) is 11.9. The number of carbonyl (C=O) groups is 2. The van der Waals surface area contributed by atoms with Gasteiger partial charge in [0.25, 0.3) is 0 Å². The fourth-order valence-corrected chi connectivity index (χ4v) is 6.17. The summed E-state index contributed by atoms with van der Waals surface area (Å²) in [4.78, 5) is 30.8. The highest BCUT2D eigenvalue weighted by Crippen LogP contribution is 2.31. The third-order valence-corrected chi connectivity index (χ3v) is 8.85. The summed E-state index contributed by atoms with van der Waals surface area (Å²) in [6.45, 7) is 8.25. The van der Waals surface area contributed by atoms with Crippen molar-refractivity contribution in [2.75, 3.05) is 52.4 Å². The lowest BCUT2D eigenvalue weighted by molar-refractivity contribution is -0.131. The maximum Gasteiger partial charge on any atom is 0.317 e. The van der Waals surface area contributed by atoms with Crippen molar-refractivity contribution in [2.24, 2.45) is 0 Å². The number of hydrogen-bond acceptors (Lipinski definition) is 3. The molecule has 0 atom stereocenters. The van der Waals surface area contributed by atoms with Gasteiger partial charge in [-0.2, -0.15) is 0 Å². The van der Waals surface area contributed by atoms with Crippen molar-refractivity contribution in [1.82, 2.24) is 20.0 Å². The number of piperidine rings is 1. The first-order valence-electron chi connectivity index (χ1n) is 14.5. The molecule has 40 heavy (non-hydrogen) atoms. The van der Waals surface area contributed by atoms with E-state index < -0.39 is 0 Å². The number of rotatable bonds is 6. The Balaban J connectivity index is 0.000000350. The second kappa shape index (κ2) is 15.0. The Morgan fingerprint density at radius 1 is 0.900 bits per heavy atom. The fourth-order valence-electron chi connectivity index (χ4n) is 5.76. The molecule has 3 amide bonds. The molecule has 5 rings (SSSR count). The van der Waals surface area contributed by atoms with Gasteiger partial charge in [-0.1, -0.05) is 35.3 Å². The Labute approximate surface area is 247 Å². The highest BCUT2D eigenvalue weighted by Gasteiger charge is 2.27. The molecule has 0 spiro atoms. The van der Waals surface area contributed by atoms with Gasteiger partial charge in [0.1, 0.15) is 5.82 Å². The maximum absolute atomic E-state index is 14.0. The first-order chi connectivity index (χ1) is 19.3. The minimum Gasteiger partial charge on any atom is -0.341 e. The minimum absolute atomic E-state index is 0.0282. The zero-order valence-corrected chi connectivity index (χ0v) is 25.0. The molecule has 218 valence electrons. The Hall–Kier alpha value is -2.35. The van der Waals surface area contributed by atoms with Crippen molar-refractivity contribution in [1.29, 1.82) is 0 Å². The van der Waals surface area contributed by atoms with Crippen molar-refractivity contribution < 1.29 is 14.0 Å². The van der Waals surface area contributed by atoms with Crippen LogP contribution in [0.1, 0.15) is 61.1 Å². The third kappa shape index (κ3) is 8.82. The summed E-state index contributed by atoms with van der Waals surface area (Å²) in [5, 5.41) is 4.18. The minimum atomic E-state index is -0.178. The number of likely N-dealkylation sites (tertiary alicyclic amines) is 3. The van der Waals surface area contributed by atoms with Crippen LogP contribution in [-0.2, 0) is 11.2 Å². The van der Waals surface area contributed by atoms with Crippen molar-refractivity contribution in [3.8, 4) is 0 Å². The molecular formula is C31H41Cl2FN4O2. The number of carbonyl (C=O) groups excluding carboxylic acids is 2. The largest absolute Gasteiger partial charge is 0.341 e. The van der Waals surface area contributed by atoms with E-state index in [0.717, 1.165) is 67.9 Å². The van der Waals surface area contributed by atoms with E-state index in [9.17, 15) is 14.0 Å². The summed E-state index contributed by atoms with van der Waals surface area (Å²) in [5.41, 5.74) is 3.42. The van der Waals surface area contributed by atoms with Gasteiger partial charge >= 0.3 is 6.03 Å². The molecule has 3 aliphatic rings. The molecule has 0 unspecified atom stereocenters. The number of benzene rings is 2. The Morgan fingerprint density at radius 3 is 2.23 bits per heavy atom. The Morgan fingerprint density at radius 2 is 1.57 bits per heavy atom. The number of hydrogen-bond donors (Lipinski definition) is 1. The van der Waals surface area contributed by atoms with Crippen LogP contribution in [0.25, 0.3) is 0 Å². The standard InChI is InChI=1S/C24H35FN4O2.C7H6Cl2/c25-21-6-5-19(7-14-27-10-1-2-11-27)22(17-21)20-8-15-28(16-9-20)23(30)18-26-24(31)29-12-3-4-13-29;1-5-2-3-6(8)4-7(5)9/h5-6,17,20H,1-4,7-16,18H2,(H,26,31);2-4H,1H3. The van der Waals surface area contributed by atoms with Gasteiger partial charge in [-0.15, -0.1) is 0 Å². The van der Waals surface area contributed by atoms with Gasteiger partial charge in [-0.25, -0.2) is 9.18 Å². The van der Waals surface area contributed by atoms with E-state index in [0.29, 0.717) is 18.1 Å². The summed E-state index contributed by atoms with van der Waals surface area (Å²) < 4.78 is 14.0. The molecule has 1 N–H and O–H groups in total. The Kier molecular flexibility index (Phi) is 11.5. The van der Waals surface area contributed by atoms with Crippen LogP contribution in [0.3, 0.4) is 0 Å². The van der Waals surface area contributed by atoms with Crippen LogP contribution in [-0.4, -0.2) is 79.0 Å². The number of halogens is 3. The molecule has 0 saturated carbocycles. The molecule has 9 heteroatoms. The summed E-state index contributed by atoms with van der Waals surface area (Å²) in [7, 11) is 0. The normalized spacial score (nSPS) is 18.0. The number of nitrogens with one attached hydrogen (secondary N) is 1. The molecule has 6 nitrogen and oxygen atoms in total. The molecule has 0 aromatic heterocycles. The van der Waals surface area contributed by atoms with E-state index in [2.05, 4.69) is 10.2 Å². The number of aryl methyl sites for hydroxylation is 1. The van der Waals surface area contributed by atoms with Crippen LogP contribution < -0.4 is 5.32 Å². The van der Waals surface area contributed by atoms with Crippen LogP contribution in [0.2, 0.25) is 10.0 Å². The van der Waals surface area contributed by atoms with E-state index >= 15 is 0 Å². The van der Waals surface area contributed by atoms with Crippen molar-refractivity contribution in [2.45, 2.75) is 57.8 Å². The van der Waals surface area contributed by atoms with Gasteiger partial charge in [0.2, 0.25) is 5.91 Å². The molecule has 2 aromatic rings. The first-order valence-corrected chi connectivity index (χ1v) is 15.3. The molecule has 0 radical (unpaired) electrons. The maximum atomic E-state index is 14.0. The van der Waals surface area contributed by atoms with Crippen LogP contribution in [0, 0.1) is 12.7 Å². The zero-order valence-electron chi connectivity index (χ0n) is 23.4. The quantitative estimate of drug-likeness (QED) is 0.431. The third-order valence-electron chi connectivity index (χ3n) is 8.21. The van der Waals surface area contributed by atoms with E-state index in [1.165, 1.54) is 31.5 Å². The molecule has 3 heterocycles. The van der Waals surface area contributed by atoms with E-state index in [1.807, 2.05) is 30.0 Å². The SMILES string of the molecule is Cc1ccc(Cl)cc1Cl.O=C(CNC(=O)N1CCCC1)N1CCC(c2cc(F)ccc2CCN2CCCC2)CC1.